The molecule has 0 aromatic rings. The Labute approximate surface area is 102 Å². The van der Waals surface area contributed by atoms with Crippen molar-refractivity contribution in [3.8, 4) is 0 Å². The van der Waals surface area contributed by atoms with Crippen LogP contribution >= 0.6 is 0 Å². The van der Waals surface area contributed by atoms with Gasteiger partial charge in [-0.25, -0.2) is 4.79 Å². The number of carbonyl (C=O) groups excluding carboxylic acids is 1. The number of carboxylic acids is 1. The number of likely N-dealkylation sites (tertiary alicyclic amines) is 1. The summed E-state index contributed by atoms with van der Waals surface area (Å²) in [7, 11) is 0. The number of amides is 2. The molecule has 1 aliphatic rings. The summed E-state index contributed by atoms with van der Waals surface area (Å²) in [5.41, 5.74) is 0. The fraction of sp³-hybridized carbons (Fsp3) is 0.833. The van der Waals surface area contributed by atoms with Gasteiger partial charge in [-0.1, -0.05) is 20.3 Å². The fourth-order valence-electron chi connectivity index (χ4n) is 1.93. The van der Waals surface area contributed by atoms with Gasteiger partial charge in [0.1, 0.15) is 0 Å². The van der Waals surface area contributed by atoms with Crippen LogP contribution in [-0.2, 0) is 4.79 Å². The molecule has 0 aromatic heterocycles. The van der Waals surface area contributed by atoms with Crippen molar-refractivity contribution in [1.82, 2.24) is 10.2 Å². The van der Waals surface area contributed by atoms with Crippen LogP contribution in [0.25, 0.3) is 0 Å². The zero-order chi connectivity index (χ0) is 13.0. The molecule has 1 saturated heterocycles. The highest BCUT2D eigenvalue weighted by molar-refractivity contribution is 5.77. The largest absolute Gasteiger partial charge is 0.481 e. The average molecular weight is 242 g/mol. The number of hydrogen-bond acceptors (Lipinski definition) is 2. The minimum atomic E-state index is -0.810. The first-order valence-electron chi connectivity index (χ1n) is 6.24. The van der Waals surface area contributed by atoms with Crippen molar-refractivity contribution >= 4 is 12.0 Å². The number of rotatable bonds is 4. The van der Waals surface area contributed by atoms with Crippen molar-refractivity contribution in [2.75, 3.05) is 13.1 Å². The lowest BCUT2D eigenvalue weighted by Gasteiger charge is -2.24. The van der Waals surface area contributed by atoms with E-state index in [2.05, 4.69) is 19.2 Å². The molecular weight excluding hydrogens is 220 g/mol. The van der Waals surface area contributed by atoms with Crippen molar-refractivity contribution < 1.29 is 14.7 Å². The fourth-order valence-corrected chi connectivity index (χ4v) is 1.93. The van der Waals surface area contributed by atoms with Gasteiger partial charge in [0.25, 0.3) is 0 Å². The van der Waals surface area contributed by atoms with Crippen LogP contribution < -0.4 is 5.32 Å². The maximum absolute atomic E-state index is 11.9. The predicted octanol–water partition coefficient (Wildman–Crippen LogP) is 1.54. The van der Waals surface area contributed by atoms with Gasteiger partial charge in [0.2, 0.25) is 0 Å². The van der Waals surface area contributed by atoms with E-state index in [1.54, 1.807) is 4.90 Å². The molecule has 1 rings (SSSR count). The third-order valence-corrected chi connectivity index (χ3v) is 3.67. The molecule has 5 nitrogen and oxygen atoms in total. The van der Waals surface area contributed by atoms with Gasteiger partial charge in [0, 0.05) is 19.1 Å². The van der Waals surface area contributed by atoms with E-state index in [9.17, 15) is 9.59 Å². The van der Waals surface area contributed by atoms with Gasteiger partial charge >= 0.3 is 12.0 Å². The molecule has 1 fully saturated rings. The van der Waals surface area contributed by atoms with E-state index in [1.807, 2.05) is 6.92 Å². The summed E-state index contributed by atoms with van der Waals surface area (Å²) in [5.74, 6) is -0.785. The Morgan fingerprint density at radius 3 is 2.59 bits per heavy atom. The van der Waals surface area contributed by atoms with Crippen molar-refractivity contribution in [3.63, 3.8) is 0 Å². The van der Waals surface area contributed by atoms with Crippen LogP contribution in [0.4, 0.5) is 4.79 Å². The molecule has 3 unspecified atom stereocenters. The van der Waals surface area contributed by atoms with Gasteiger partial charge < -0.3 is 15.3 Å². The molecule has 17 heavy (non-hydrogen) atoms. The second kappa shape index (κ2) is 5.89. The minimum Gasteiger partial charge on any atom is -0.481 e. The second-order valence-corrected chi connectivity index (χ2v) is 4.89. The zero-order valence-electron chi connectivity index (χ0n) is 10.8. The van der Waals surface area contributed by atoms with Gasteiger partial charge in [0.05, 0.1) is 5.92 Å². The number of nitrogens with one attached hydrogen (secondary N) is 1. The smallest absolute Gasteiger partial charge is 0.317 e. The summed E-state index contributed by atoms with van der Waals surface area (Å²) in [4.78, 5) is 24.2. The van der Waals surface area contributed by atoms with E-state index in [4.69, 9.17) is 5.11 Å². The Balaban J connectivity index is 2.42. The lowest BCUT2D eigenvalue weighted by atomic mass is 10.0. The molecule has 1 heterocycles. The molecular formula is C12H22N2O3. The maximum atomic E-state index is 11.9. The molecule has 0 aromatic carbocycles. The predicted molar refractivity (Wildman–Crippen MR) is 64.8 cm³/mol. The number of carbonyl (C=O) groups is 2. The van der Waals surface area contributed by atoms with Crippen LogP contribution in [0.2, 0.25) is 0 Å². The highest BCUT2D eigenvalue weighted by Gasteiger charge is 2.31. The Bertz CT molecular complexity index is 293. The summed E-state index contributed by atoms with van der Waals surface area (Å²) < 4.78 is 0. The molecule has 0 spiro atoms. The summed E-state index contributed by atoms with van der Waals surface area (Å²) in [6, 6.07) is -0.0158. The van der Waals surface area contributed by atoms with E-state index < -0.39 is 11.9 Å². The minimum absolute atomic E-state index is 0.122. The van der Waals surface area contributed by atoms with E-state index in [1.165, 1.54) is 0 Å². The van der Waals surface area contributed by atoms with Gasteiger partial charge in [-0.05, 0) is 19.3 Å². The molecule has 2 amide bonds. The molecule has 0 aliphatic carbocycles. The van der Waals surface area contributed by atoms with Crippen molar-refractivity contribution in [1.29, 1.82) is 0 Å². The second-order valence-electron chi connectivity index (χ2n) is 4.89. The maximum Gasteiger partial charge on any atom is 0.317 e. The number of carboxylic acid groups (broad SMARTS) is 1. The quantitative estimate of drug-likeness (QED) is 0.785. The standard InChI is InChI=1S/C12H22N2O3/c1-4-8(2)9(3)13-12(17)14-6-5-10(7-14)11(15)16/h8-10H,4-7H2,1-3H3,(H,13,17)(H,15,16). The zero-order valence-corrected chi connectivity index (χ0v) is 10.8. The number of nitrogens with zero attached hydrogens (tertiary/aromatic N) is 1. The highest BCUT2D eigenvalue weighted by atomic mass is 16.4. The first kappa shape index (κ1) is 13.8. The Kier molecular flexibility index (Phi) is 4.78. The van der Waals surface area contributed by atoms with E-state index in [0.29, 0.717) is 25.4 Å². The van der Waals surface area contributed by atoms with Crippen molar-refractivity contribution in [2.24, 2.45) is 11.8 Å². The van der Waals surface area contributed by atoms with Crippen LogP contribution in [0.3, 0.4) is 0 Å². The molecule has 0 saturated carbocycles. The molecule has 2 N–H and O–H groups in total. The monoisotopic (exact) mass is 242 g/mol. The Hall–Kier alpha value is -1.26. The van der Waals surface area contributed by atoms with Crippen molar-refractivity contribution in [3.05, 3.63) is 0 Å². The van der Waals surface area contributed by atoms with Gasteiger partial charge in [-0.3, -0.25) is 4.79 Å². The van der Waals surface area contributed by atoms with Crippen molar-refractivity contribution in [2.45, 2.75) is 39.7 Å². The number of urea groups is 1. The van der Waals surface area contributed by atoms with Crippen LogP contribution in [-0.4, -0.2) is 41.1 Å². The normalized spacial score (nSPS) is 23.2. The van der Waals surface area contributed by atoms with E-state index >= 15 is 0 Å². The van der Waals surface area contributed by atoms with Crippen LogP contribution in [0.15, 0.2) is 0 Å². The molecule has 5 heteroatoms. The van der Waals surface area contributed by atoms with Gasteiger partial charge in [-0.2, -0.15) is 0 Å². The Morgan fingerprint density at radius 2 is 2.12 bits per heavy atom. The van der Waals surface area contributed by atoms with Crippen LogP contribution in [0, 0.1) is 11.8 Å². The average Bonchev–Trinajstić information content (AvgIpc) is 2.77. The summed E-state index contributed by atoms with van der Waals surface area (Å²) in [6.45, 7) is 7.03. The molecule has 98 valence electrons. The van der Waals surface area contributed by atoms with Crippen LogP contribution in [0.5, 0.6) is 0 Å². The highest BCUT2D eigenvalue weighted by Crippen LogP contribution is 2.17. The number of aliphatic carboxylic acids is 1. The lowest BCUT2D eigenvalue weighted by Crippen LogP contribution is -2.45. The summed E-state index contributed by atoms with van der Waals surface area (Å²) >= 11 is 0. The summed E-state index contributed by atoms with van der Waals surface area (Å²) in [6.07, 6.45) is 1.57. The molecule has 3 atom stereocenters. The van der Waals surface area contributed by atoms with Crippen LogP contribution in [0.1, 0.15) is 33.6 Å². The first-order valence-corrected chi connectivity index (χ1v) is 6.24. The number of hydrogen-bond donors (Lipinski definition) is 2. The topological polar surface area (TPSA) is 69.6 Å². The third-order valence-electron chi connectivity index (χ3n) is 3.67. The van der Waals surface area contributed by atoms with Gasteiger partial charge in [-0.15, -0.1) is 0 Å². The SMILES string of the molecule is CCC(C)C(C)NC(=O)N1CCC(C(=O)O)C1. The Morgan fingerprint density at radius 1 is 1.47 bits per heavy atom. The third kappa shape index (κ3) is 3.61. The molecule has 0 radical (unpaired) electrons. The van der Waals surface area contributed by atoms with E-state index in [-0.39, 0.29) is 12.1 Å². The lowest BCUT2D eigenvalue weighted by molar-refractivity contribution is -0.141. The molecule has 0 bridgehead atoms. The molecule has 1 aliphatic heterocycles. The van der Waals surface area contributed by atoms with E-state index in [0.717, 1.165) is 6.42 Å². The summed E-state index contributed by atoms with van der Waals surface area (Å²) in [5, 5.41) is 11.8. The van der Waals surface area contributed by atoms with Gasteiger partial charge in [0.15, 0.2) is 0 Å². The first-order chi connectivity index (χ1) is 7.95.